The van der Waals surface area contributed by atoms with E-state index in [0.29, 0.717) is 30.4 Å². The molecule has 5 nitrogen and oxygen atoms in total. The molecule has 0 aliphatic heterocycles. The van der Waals surface area contributed by atoms with Crippen LogP contribution >= 0.6 is 12.2 Å². The minimum atomic E-state index is -0.240. The van der Waals surface area contributed by atoms with Crippen LogP contribution in [0.1, 0.15) is 17.0 Å². The summed E-state index contributed by atoms with van der Waals surface area (Å²) in [5.41, 5.74) is 1.95. The Hall–Kier alpha value is -2.51. The summed E-state index contributed by atoms with van der Waals surface area (Å²) in [6.45, 7) is 1.04. The minimum Gasteiger partial charge on any atom is -0.497 e. The van der Waals surface area contributed by atoms with E-state index >= 15 is 0 Å². The molecule has 0 fully saturated rings. The molecule has 0 aliphatic rings. The lowest BCUT2D eigenvalue weighted by Gasteiger charge is -2.15. The Morgan fingerprint density at radius 3 is 2.65 bits per heavy atom. The Balaban J connectivity index is 1.64. The molecule has 0 saturated carbocycles. The summed E-state index contributed by atoms with van der Waals surface area (Å²) in [7, 11) is 3.56. The second-order valence-corrected chi connectivity index (χ2v) is 6.42. The molecule has 0 spiro atoms. The van der Waals surface area contributed by atoms with Crippen LogP contribution in [0.3, 0.4) is 0 Å². The fourth-order valence-electron chi connectivity index (χ4n) is 2.65. The summed E-state index contributed by atoms with van der Waals surface area (Å²) < 4.78 is 25.7. The molecule has 136 valence electrons. The number of methoxy groups -OCH3 is 1. The maximum atomic E-state index is 13.3. The molecule has 26 heavy (non-hydrogen) atoms. The Kier molecular flexibility index (Phi) is 5.80. The van der Waals surface area contributed by atoms with Crippen molar-refractivity contribution < 1.29 is 13.5 Å². The average molecular weight is 373 g/mol. The highest BCUT2D eigenvalue weighted by molar-refractivity contribution is 7.71. The van der Waals surface area contributed by atoms with Gasteiger partial charge in [-0.15, -0.1) is 5.10 Å². The summed E-state index contributed by atoms with van der Waals surface area (Å²) in [4.78, 5) is 2.31. The largest absolute Gasteiger partial charge is 0.497 e. The number of aromatic nitrogens is 2. The van der Waals surface area contributed by atoms with Gasteiger partial charge in [-0.2, -0.15) is 0 Å². The van der Waals surface area contributed by atoms with E-state index in [9.17, 15) is 4.39 Å². The van der Waals surface area contributed by atoms with Gasteiger partial charge in [0.2, 0.25) is 5.89 Å². The summed E-state index contributed by atoms with van der Waals surface area (Å²) >= 11 is 5.26. The van der Waals surface area contributed by atoms with Crippen molar-refractivity contribution in [3.05, 3.63) is 76.2 Å². The van der Waals surface area contributed by atoms with Crippen molar-refractivity contribution in [2.75, 3.05) is 14.2 Å². The van der Waals surface area contributed by atoms with E-state index in [2.05, 4.69) is 5.10 Å². The van der Waals surface area contributed by atoms with E-state index in [0.717, 1.165) is 16.9 Å². The molecule has 2 aromatic carbocycles. The van der Waals surface area contributed by atoms with Gasteiger partial charge in [0.1, 0.15) is 11.6 Å². The van der Waals surface area contributed by atoms with Gasteiger partial charge in [-0.3, -0.25) is 4.90 Å². The fraction of sp³-hybridized carbons (Fsp3) is 0.263. The summed E-state index contributed by atoms with van der Waals surface area (Å²) in [5, 5.41) is 4.45. The number of ether oxygens (including phenoxy) is 1. The molecular weight excluding hydrogens is 353 g/mol. The summed E-state index contributed by atoms with van der Waals surface area (Å²) in [5.74, 6) is 1.12. The standard InChI is InChI=1S/C19H20FN3O2S/c1-22(12-15-4-3-5-16(20)10-15)13-23-19(26)25-18(21-23)11-14-6-8-17(24-2)9-7-14/h3-10H,11-13H2,1-2H3. The van der Waals surface area contributed by atoms with Gasteiger partial charge in [0.15, 0.2) is 0 Å². The number of halogens is 1. The van der Waals surface area contributed by atoms with Crippen molar-refractivity contribution in [3.63, 3.8) is 0 Å². The Morgan fingerprint density at radius 1 is 1.19 bits per heavy atom. The number of rotatable bonds is 7. The van der Waals surface area contributed by atoms with Crippen LogP contribution in [0.5, 0.6) is 5.75 Å². The molecule has 0 N–H and O–H groups in total. The van der Waals surface area contributed by atoms with Crippen LogP contribution in [0.4, 0.5) is 4.39 Å². The van der Waals surface area contributed by atoms with Gasteiger partial charge in [-0.1, -0.05) is 24.3 Å². The molecule has 0 aliphatic carbocycles. The van der Waals surface area contributed by atoms with E-state index < -0.39 is 0 Å². The van der Waals surface area contributed by atoms with Crippen LogP contribution < -0.4 is 4.74 Å². The van der Waals surface area contributed by atoms with Crippen LogP contribution in [0.15, 0.2) is 52.9 Å². The molecule has 1 heterocycles. The van der Waals surface area contributed by atoms with Crippen molar-refractivity contribution in [2.45, 2.75) is 19.6 Å². The van der Waals surface area contributed by atoms with Crippen molar-refractivity contribution in [3.8, 4) is 5.75 Å². The molecule has 0 unspecified atom stereocenters. The van der Waals surface area contributed by atoms with E-state index in [-0.39, 0.29) is 5.82 Å². The van der Waals surface area contributed by atoms with Gasteiger partial charge in [-0.25, -0.2) is 9.07 Å². The minimum absolute atomic E-state index is 0.240. The normalized spacial score (nSPS) is 11.1. The molecule has 0 bridgehead atoms. The van der Waals surface area contributed by atoms with Crippen LogP contribution in [0.25, 0.3) is 0 Å². The Morgan fingerprint density at radius 2 is 1.96 bits per heavy atom. The monoisotopic (exact) mass is 373 g/mol. The molecule has 0 atom stereocenters. The van der Waals surface area contributed by atoms with Crippen molar-refractivity contribution in [1.29, 1.82) is 0 Å². The third kappa shape index (κ3) is 4.77. The first-order valence-corrected chi connectivity index (χ1v) is 8.57. The van der Waals surface area contributed by atoms with Crippen molar-refractivity contribution in [2.24, 2.45) is 0 Å². The highest BCUT2D eigenvalue weighted by atomic mass is 32.1. The zero-order valence-corrected chi connectivity index (χ0v) is 15.5. The number of hydrogen-bond donors (Lipinski definition) is 0. The Bertz CT molecular complexity index is 921. The molecule has 3 aromatic rings. The predicted octanol–water partition coefficient (Wildman–Crippen LogP) is 4.03. The van der Waals surface area contributed by atoms with Crippen LogP contribution in [-0.4, -0.2) is 28.8 Å². The molecular formula is C19H20FN3O2S. The molecule has 0 radical (unpaired) electrons. The molecule has 7 heteroatoms. The zero-order chi connectivity index (χ0) is 18.5. The van der Waals surface area contributed by atoms with Gasteiger partial charge in [-0.05, 0) is 54.7 Å². The van der Waals surface area contributed by atoms with E-state index in [1.165, 1.54) is 12.1 Å². The molecule has 3 rings (SSSR count). The third-order valence-electron chi connectivity index (χ3n) is 3.88. The first kappa shape index (κ1) is 18.3. The molecule has 0 saturated heterocycles. The first-order valence-electron chi connectivity index (χ1n) is 8.16. The maximum Gasteiger partial charge on any atom is 0.288 e. The SMILES string of the molecule is COc1ccc(Cc2nn(CN(C)Cc3cccc(F)c3)c(=S)o2)cc1. The van der Waals surface area contributed by atoms with Crippen LogP contribution in [-0.2, 0) is 19.6 Å². The van der Waals surface area contributed by atoms with Crippen LogP contribution in [0, 0.1) is 10.7 Å². The van der Waals surface area contributed by atoms with E-state index in [4.69, 9.17) is 21.4 Å². The molecule has 1 aromatic heterocycles. The van der Waals surface area contributed by atoms with E-state index in [1.807, 2.05) is 42.3 Å². The summed E-state index contributed by atoms with van der Waals surface area (Å²) in [6.07, 6.45) is 0.550. The Labute approximate surface area is 156 Å². The summed E-state index contributed by atoms with van der Waals surface area (Å²) in [6, 6.07) is 14.3. The van der Waals surface area contributed by atoms with Gasteiger partial charge >= 0.3 is 0 Å². The third-order valence-corrected chi connectivity index (χ3v) is 4.17. The van der Waals surface area contributed by atoms with Crippen molar-refractivity contribution in [1.82, 2.24) is 14.7 Å². The quantitative estimate of drug-likeness (QED) is 0.585. The highest BCUT2D eigenvalue weighted by Crippen LogP contribution is 2.15. The first-order chi connectivity index (χ1) is 12.5. The smallest absolute Gasteiger partial charge is 0.288 e. The predicted molar refractivity (Wildman–Crippen MR) is 99.0 cm³/mol. The number of nitrogens with zero attached hydrogens (tertiary/aromatic N) is 3. The fourth-order valence-corrected chi connectivity index (χ4v) is 2.85. The van der Waals surface area contributed by atoms with Crippen LogP contribution in [0.2, 0.25) is 0 Å². The second-order valence-electron chi connectivity index (χ2n) is 6.07. The van der Waals surface area contributed by atoms with Gasteiger partial charge in [0.05, 0.1) is 20.2 Å². The lowest BCUT2D eigenvalue weighted by atomic mass is 10.1. The maximum absolute atomic E-state index is 13.3. The topological polar surface area (TPSA) is 43.4 Å². The second kappa shape index (κ2) is 8.25. The lowest BCUT2D eigenvalue weighted by Crippen LogP contribution is -2.22. The number of benzene rings is 2. The van der Waals surface area contributed by atoms with Gasteiger partial charge in [0.25, 0.3) is 4.84 Å². The lowest BCUT2D eigenvalue weighted by molar-refractivity contribution is 0.240. The number of hydrogen-bond acceptors (Lipinski definition) is 5. The zero-order valence-electron chi connectivity index (χ0n) is 14.7. The van der Waals surface area contributed by atoms with Gasteiger partial charge < -0.3 is 9.15 Å². The molecule has 0 amide bonds. The van der Waals surface area contributed by atoms with Crippen molar-refractivity contribution >= 4 is 12.2 Å². The average Bonchev–Trinajstić information content (AvgIpc) is 2.94. The van der Waals surface area contributed by atoms with E-state index in [1.54, 1.807) is 17.9 Å². The van der Waals surface area contributed by atoms with Gasteiger partial charge in [0, 0.05) is 6.54 Å². The highest BCUT2D eigenvalue weighted by Gasteiger charge is 2.09.